The molecule has 4 aromatic rings. The summed E-state index contributed by atoms with van der Waals surface area (Å²) in [6, 6.07) is 25.4. The third-order valence-electron chi connectivity index (χ3n) is 6.96. The molecular weight excluding hydrogens is 426 g/mol. The van der Waals surface area contributed by atoms with E-state index in [0.717, 1.165) is 26.8 Å². The fourth-order valence-corrected chi connectivity index (χ4v) is 5.24. The second-order valence-corrected chi connectivity index (χ2v) is 8.79. The van der Waals surface area contributed by atoms with Crippen LogP contribution in [0.2, 0.25) is 0 Å². The monoisotopic (exact) mass is 447 g/mol. The van der Waals surface area contributed by atoms with Crippen LogP contribution in [0, 0.1) is 5.92 Å². The van der Waals surface area contributed by atoms with E-state index in [2.05, 4.69) is 0 Å². The largest absolute Gasteiger partial charge is 0.332 e. The fraction of sp³-hybridized carbons (Fsp3) is 0.143. The van der Waals surface area contributed by atoms with Crippen molar-refractivity contribution in [2.24, 2.45) is 25.0 Å². The van der Waals surface area contributed by atoms with Crippen molar-refractivity contribution in [3.8, 4) is 11.1 Å². The highest BCUT2D eigenvalue weighted by atomic mass is 16.2. The van der Waals surface area contributed by atoms with Crippen LogP contribution in [0.5, 0.6) is 0 Å². The van der Waals surface area contributed by atoms with Gasteiger partial charge in [-0.15, -0.1) is 0 Å². The average molecular weight is 447 g/mol. The summed E-state index contributed by atoms with van der Waals surface area (Å²) in [5.74, 6) is -0.885. The van der Waals surface area contributed by atoms with E-state index in [1.54, 1.807) is 13.1 Å². The van der Waals surface area contributed by atoms with E-state index in [9.17, 15) is 14.4 Å². The lowest BCUT2D eigenvalue weighted by molar-refractivity contribution is 0.0953. The van der Waals surface area contributed by atoms with Gasteiger partial charge in [0.05, 0.1) is 17.2 Å². The molecule has 0 bridgehead atoms. The molecule has 6 rings (SSSR count). The van der Waals surface area contributed by atoms with E-state index in [4.69, 9.17) is 4.99 Å². The van der Waals surface area contributed by atoms with Gasteiger partial charge in [0.2, 0.25) is 0 Å². The van der Waals surface area contributed by atoms with Crippen LogP contribution in [0.1, 0.15) is 33.0 Å². The van der Waals surface area contributed by atoms with Crippen molar-refractivity contribution in [2.45, 2.75) is 5.92 Å². The Labute approximate surface area is 195 Å². The second-order valence-electron chi connectivity index (χ2n) is 8.79. The maximum Gasteiger partial charge on any atom is 0.332 e. The smallest absolute Gasteiger partial charge is 0.293 e. The number of carbonyl (C=O) groups is 1. The lowest BCUT2D eigenvalue weighted by Gasteiger charge is -2.30. The number of rotatable bonds is 2. The summed E-state index contributed by atoms with van der Waals surface area (Å²) < 4.78 is 2.49. The van der Waals surface area contributed by atoms with Crippen molar-refractivity contribution in [3.63, 3.8) is 0 Å². The van der Waals surface area contributed by atoms with Gasteiger partial charge in [0.15, 0.2) is 5.78 Å². The third kappa shape index (κ3) is 2.75. The van der Waals surface area contributed by atoms with E-state index >= 15 is 0 Å². The first-order valence-corrected chi connectivity index (χ1v) is 11.1. The number of ketones is 1. The number of benzene rings is 3. The van der Waals surface area contributed by atoms with Crippen molar-refractivity contribution in [1.82, 2.24) is 9.13 Å². The number of Topliss-reactive ketones (excluding diaryl/α,β-unsaturated/α-hetero) is 1. The fourth-order valence-electron chi connectivity index (χ4n) is 5.24. The number of hydrogen-bond donors (Lipinski definition) is 0. The SMILES string of the molecule is Cn1c2c(c(=O)n(C)c1=O)[C@H](c1ccc(-c3ccccc3)cc1)[C@H]1C(=O)c3ccccc3C1=N2. The lowest BCUT2D eigenvalue weighted by atomic mass is 9.76. The minimum Gasteiger partial charge on any atom is -0.293 e. The Balaban J connectivity index is 1.61. The molecule has 0 amide bonds. The summed E-state index contributed by atoms with van der Waals surface area (Å²) in [4.78, 5) is 44.4. The minimum atomic E-state index is -0.613. The summed E-state index contributed by atoms with van der Waals surface area (Å²) in [5, 5.41) is 0. The molecule has 0 spiro atoms. The number of fused-ring (bicyclic) bond motifs is 4. The van der Waals surface area contributed by atoms with Gasteiger partial charge in [-0.05, 0) is 16.7 Å². The summed E-state index contributed by atoms with van der Waals surface area (Å²) >= 11 is 0. The van der Waals surface area contributed by atoms with Gasteiger partial charge in [-0.3, -0.25) is 18.7 Å². The summed E-state index contributed by atoms with van der Waals surface area (Å²) in [7, 11) is 3.08. The predicted octanol–water partition coefficient (Wildman–Crippen LogP) is 3.83. The van der Waals surface area contributed by atoms with Gasteiger partial charge in [-0.25, -0.2) is 9.79 Å². The Hall–Kier alpha value is -4.32. The number of hydrogen-bond acceptors (Lipinski definition) is 4. The molecule has 166 valence electrons. The van der Waals surface area contributed by atoms with Crippen LogP contribution in [0.25, 0.3) is 11.1 Å². The van der Waals surface area contributed by atoms with Gasteiger partial charge in [0.25, 0.3) is 5.56 Å². The van der Waals surface area contributed by atoms with Gasteiger partial charge in [0.1, 0.15) is 5.82 Å². The normalized spacial score (nSPS) is 18.2. The van der Waals surface area contributed by atoms with E-state index < -0.39 is 23.1 Å². The molecule has 1 aliphatic heterocycles. The maximum atomic E-state index is 13.6. The number of nitrogens with zero attached hydrogens (tertiary/aromatic N) is 3. The zero-order valence-electron chi connectivity index (χ0n) is 18.7. The zero-order valence-corrected chi connectivity index (χ0v) is 18.7. The van der Waals surface area contributed by atoms with Crippen molar-refractivity contribution in [1.29, 1.82) is 0 Å². The van der Waals surface area contributed by atoms with Gasteiger partial charge in [-0.2, -0.15) is 0 Å². The van der Waals surface area contributed by atoms with E-state index in [-0.39, 0.29) is 5.78 Å². The molecule has 1 aromatic heterocycles. The zero-order chi connectivity index (χ0) is 23.6. The van der Waals surface area contributed by atoms with Crippen LogP contribution in [0.3, 0.4) is 0 Å². The molecule has 6 nitrogen and oxygen atoms in total. The Kier molecular flexibility index (Phi) is 4.39. The minimum absolute atomic E-state index is 0.0481. The first-order chi connectivity index (χ1) is 16.5. The van der Waals surface area contributed by atoms with E-state index in [1.807, 2.05) is 72.8 Å². The predicted molar refractivity (Wildman–Crippen MR) is 131 cm³/mol. The van der Waals surface area contributed by atoms with Crippen molar-refractivity contribution in [2.75, 3.05) is 0 Å². The second kappa shape index (κ2) is 7.35. The topological polar surface area (TPSA) is 73.4 Å². The lowest BCUT2D eigenvalue weighted by Crippen LogP contribution is -2.43. The molecular formula is C28H21N3O3. The Bertz CT molecular complexity index is 1630. The standard InChI is InChI=1S/C28H21N3O3/c1-30-26-23(27(33)31(2)28(30)34)21(18-14-12-17(13-15-18)16-8-4-3-5-9-16)22-24(29-26)19-10-6-7-11-20(19)25(22)32/h3-15,21-22H,1-2H3/t21-,22-/m1/s1. The van der Waals surface area contributed by atoms with Gasteiger partial charge >= 0.3 is 5.69 Å². The van der Waals surface area contributed by atoms with Gasteiger partial charge in [0, 0.05) is 31.1 Å². The highest BCUT2D eigenvalue weighted by molar-refractivity contribution is 6.30. The van der Waals surface area contributed by atoms with Crippen LogP contribution in [0.15, 0.2) is 93.4 Å². The van der Waals surface area contributed by atoms with Crippen LogP contribution < -0.4 is 11.2 Å². The first kappa shape index (κ1) is 20.3. The molecule has 2 atom stereocenters. The molecule has 2 heterocycles. The molecule has 6 heteroatoms. The molecule has 0 unspecified atom stereocenters. The highest BCUT2D eigenvalue weighted by Gasteiger charge is 2.47. The van der Waals surface area contributed by atoms with E-state index in [1.165, 1.54) is 11.6 Å². The van der Waals surface area contributed by atoms with Crippen molar-refractivity contribution in [3.05, 3.63) is 122 Å². The number of carbonyl (C=O) groups excluding carboxylic acids is 1. The van der Waals surface area contributed by atoms with Crippen LogP contribution >= 0.6 is 0 Å². The first-order valence-electron chi connectivity index (χ1n) is 11.1. The molecule has 0 saturated carbocycles. The van der Waals surface area contributed by atoms with Crippen molar-refractivity contribution < 1.29 is 4.79 Å². The highest BCUT2D eigenvalue weighted by Crippen LogP contribution is 2.46. The summed E-state index contributed by atoms with van der Waals surface area (Å²) in [5.41, 5.74) is 4.49. The van der Waals surface area contributed by atoms with Crippen LogP contribution in [-0.4, -0.2) is 20.6 Å². The molecule has 0 N–H and O–H groups in total. The third-order valence-corrected chi connectivity index (χ3v) is 6.96. The maximum absolute atomic E-state index is 13.6. The molecule has 0 radical (unpaired) electrons. The number of aromatic nitrogens is 2. The quantitative estimate of drug-likeness (QED) is 0.469. The van der Waals surface area contributed by atoms with Gasteiger partial charge in [-0.1, -0.05) is 78.9 Å². The van der Waals surface area contributed by atoms with E-state index in [0.29, 0.717) is 22.7 Å². The summed E-state index contributed by atoms with van der Waals surface area (Å²) in [6.07, 6.45) is 0. The van der Waals surface area contributed by atoms with Crippen LogP contribution in [-0.2, 0) is 14.1 Å². The molecule has 34 heavy (non-hydrogen) atoms. The molecule has 1 aliphatic carbocycles. The molecule has 0 saturated heterocycles. The molecule has 3 aromatic carbocycles. The molecule has 2 aliphatic rings. The Morgan fingerprint density at radius 1 is 0.676 bits per heavy atom. The Morgan fingerprint density at radius 3 is 2.00 bits per heavy atom. The Morgan fingerprint density at radius 2 is 1.29 bits per heavy atom. The van der Waals surface area contributed by atoms with Gasteiger partial charge < -0.3 is 0 Å². The number of aliphatic imine (C=N–C) groups is 1. The average Bonchev–Trinajstić information content (AvgIpc) is 3.17. The molecule has 0 fully saturated rings. The van der Waals surface area contributed by atoms with Crippen LogP contribution in [0.4, 0.5) is 5.82 Å². The van der Waals surface area contributed by atoms with Crippen molar-refractivity contribution >= 4 is 17.3 Å². The summed E-state index contributed by atoms with van der Waals surface area (Å²) in [6.45, 7) is 0.